The van der Waals surface area contributed by atoms with E-state index in [1.807, 2.05) is 6.07 Å². The van der Waals surface area contributed by atoms with E-state index in [2.05, 4.69) is 11.1 Å². The summed E-state index contributed by atoms with van der Waals surface area (Å²) < 4.78 is 5.63. The second kappa shape index (κ2) is 4.72. The minimum atomic E-state index is -0.942. The average molecular weight is 255 g/mol. The second-order valence-electron chi connectivity index (χ2n) is 4.54. The summed E-state index contributed by atoms with van der Waals surface area (Å²) in [6.07, 6.45) is 3.25. The Bertz CT molecular complexity index is 620. The Hall–Kier alpha value is -2.36. The van der Waals surface area contributed by atoms with Crippen molar-refractivity contribution in [2.45, 2.75) is 19.3 Å². The largest absolute Gasteiger partial charge is 0.478 e. The lowest BCUT2D eigenvalue weighted by atomic mass is 10.2. The van der Waals surface area contributed by atoms with Crippen LogP contribution in [0.25, 0.3) is 0 Å². The van der Waals surface area contributed by atoms with Gasteiger partial charge in [-0.15, -0.1) is 0 Å². The summed E-state index contributed by atoms with van der Waals surface area (Å²) in [4.78, 5) is 15.2. The summed E-state index contributed by atoms with van der Waals surface area (Å²) >= 11 is 0. The first-order chi connectivity index (χ1) is 9.22. The summed E-state index contributed by atoms with van der Waals surface area (Å²) in [7, 11) is 0. The fraction of sp³-hybridized carbons (Fsp3) is 0.200. The number of hydrogen-bond donors (Lipinski definition) is 1. The standard InChI is InChI=1S/C15H13NO3/c17-15(18)11-4-7-12(8-5-11)19-14-9-6-10-2-1-3-13(10)16-14/h4-9H,1-3H2,(H,17,18). The Labute approximate surface area is 110 Å². The van der Waals surface area contributed by atoms with Crippen molar-refractivity contribution in [1.29, 1.82) is 0 Å². The smallest absolute Gasteiger partial charge is 0.335 e. The molecule has 4 nitrogen and oxygen atoms in total. The van der Waals surface area contributed by atoms with Crippen molar-refractivity contribution in [3.8, 4) is 11.6 Å². The number of aryl methyl sites for hydroxylation is 2. The molecule has 0 fully saturated rings. The molecule has 19 heavy (non-hydrogen) atoms. The lowest BCUT2D eigenvalue weighted by Crippen LogP contribution is -1.96. The molecule has 96 valence electrons. The highest BCUT2D eigenvalue weighted by Gasteiger charge is 2.13. The number of rotatable bonds is 3. The predicted molar refractivity (Wildman–Crippen MR) is 69.7 cm³/mol. The van der Waals surface area contributed by atoms with Crippen LogP contribution in [0.15, 0.2) is 36.4 Å². The van der Waals surface area contributed by atoms with Gasteiger partial charge in [0, 0.05) is 11.8 Å². The summed E-state index contributed by atoms with van der Waals surface area (Å²) in [5.41, 5.74) is 2.66. The molecular formula is C15H13NO3. The van der Waals surface area contributed by atoms with Gasteiger partial charge in [-0.1, -0.05) is 6.07 Å². The molecule has 4 heteroatoms. The number of carboxylic acids is 1. The molecule has 1 aromatic carbocycles. The van der Waals surface area contributed by atoms with Crippen LogP contribution in [0, 0.1) is 0 Å². The van der Waals surface area contributed by atoms with E-state index >= 15 is 0 Å². The maximum Gasteiger partial charge on any atom is 0.335 e. The van der Waals surface area contributed by atoms with Gasteiger partial charge in [-0.05, 0) is 49.1 Å². The van der Waals surface area contributed by atoms with Gasteiger partial charge in [0.05, 0.1) is 5.56 Å². The minimum Gasteiger partial charge on any atom is -0.478 e. The molecule has 1 heterocycles. The first-order valence-electron chi connectivity index (χ1n) is 6.22. The SMILES string of the molecule is O=C(O)c1ccc(Oc2ccc3c(n2)CCC3)cc1. The third-order valence-electron chi connectivity index (χ3n) is 3.23. The van der Waals surface area contributed by atoms with Crippen LogP contribution in [0.2, 0.25) is 0 Å². The van der Waals surface area contributed by atoms with Crippen molar-refractivity contribution in [2.75, 3.05) is 0 Å². The van der Waals surface area contributed by atoms with Crippen molar-refractivity contribution in [1.82, 2.24) is 4.98 Å². The van der Waals surface area contributed by atoms with Gasteiger partial charge in [-0.2, -0.15) is 0 Å². The zero-order valence-corrected chi connectivity index (χ0v) is 10.3. The lowest BCUT2D eigenvalue weighted by Gasteiger charge is -2.06. The Morgan fingerprint density at radius 1 is 1.11 bits per heavy atom. The van der Waals surface area contributed by atoms with E-state index in [9.17, 15) is 4.79 Å². The molecule has 0 spiro atoms. The van der Waals surface area contributed by atoms with Crippen LogP contribution in [0.1, 0.15) is 28.0 Å². The Kier molecular flexibility index (Phi) is 2.91. The predicted octanol–water partition coefficient (Wildman–Crippen LogP) is 3.06. The number of carboxylic acid groups (broad SMARTS) is 1. The number of aromatic nitrogens is 1. The van der Waals surface area contributed by atoms with E-state index in [-0.39, 0.29) is 5.56 Å². The van der Waals surface area contributed by atoms with Gasteiger partial charge in [0.25, 0.3) is 0 Å². The molecule has 0 saturated heterocycles. The highest BCUT2D eigenvalue weighted by Crippen LogP contribution is 2.25. The minimum absolute atomic E-state index is 0.245. The molecule has 1 aliphatic carbocycles. The number of aromatic carboxylic acids is 1. The van der Waals surface area contributed by atoms with Crippen molar-refractivity contribution in [3.05, 3.63) is 53.2 Å². The molecule has 0 saturated carbocycles. The highest BCUT2D eigenvalue weighted by atomic mass is 16.5. The van der Waals surface area contributed by atoms with E-state index in [1.54, 1.807) is 12.1 Å². The van der Waals surface area contributed by atoms with Crippen molar-refractivity contribution < 1.29 is 14.6 Å². The van der Waals surface area contributed by atoms with Crippen LogP contribution >= 0.6 is 0 Å². The number of fused-ring (bicyclic) bond motifs is 1. The van der Waals surface area contributed by atoms with Crippen LogP contribution < -0.4 is 4.74 Å². The number of carbonyl (C=O) groups is 1. The van der Waals surface area contributed by atoms with Crippen LogP contribution in [-0.4, -0.2) is 16.1 Å². The Morgan fingerprint density at radius 2 is 1.89 bits per heavy atom. The van der Waals surface area contributed by atoms with E-state index in [0.29, 0.717) is 11.6 Å². The Morgan fingerprint density at radius 3 is 2.63 bits per heavy atom. The van der Waals surface area contributed by atoms with Gasteiger partial charge in [0.15, 0.2) is 0 Å². The number of benzene rings is 1. The summed E-state index contributed by atoms with van der Waals surface area (Å²) in [6, 6.07) is 10.2. The molecule has 0 atom stereocenters. The van der Waals surface area contributed by atoms with Gasteiger partial charge in [0.2, 0.25) is 5.88 Å². The van der Waals surface area contributed by atoms with E-state index in [0.717, 1.165) is 25.0 Å². The lowest BCUT2D eigenvalue weighted by molar-refractivity contribution is 0.0697. The topological polar surface area (TPSA) is 59.4 Å². The maximum absolute atomic E-state index is 10.7. The molecule has 3 rings (SSSR count). The summed E-state index contributed by atoms with van der Waals surface area (Å²) in [5, 5.41) is 8.82. The Balaban J connectivity index is 1.79. The molecular weight excluding hydrogens is 242 g/mol. The number of ether oxygens (including phenoxy) is 1. The molecule has 0 radical (unpaired) electrons. The third-order valence-corrected chi connectivity index (χ3v) is 3.23. The van der Waals surface area contributed by atoms with E-state index in [4.69, 9.17) is 9.84 Å². The van der Waals surface area contributed by atoms with Gasteiger partial charge in [-0.25, -0.2) is 9.78 Å². The fourth-order valence-electron chi connectivity index (χ4n) is 2.24. The second-order valence-corrected chi connectivity index (χ2v) is 4.54. The van der Waals surface area contributed by atoms with Crippen molar-refractivity contribution >= 4 is 5.97 Å². The molecule has 0 unspecified atom stereocenters. The van der Waals surface area contributed by atoms with Gasteiger partial charge in [-0.3, -0.25) is 0 Å². The first-order valence-corrected chi connectivity index (χ1v) is 6.22. The molecule has 1 aliphatic rings. The highest BCUT2D eigenvalue weighted by molar-refractivity contribution is 5.87. The first kappa shape index (κ1) is 11.7. The molecule has 1 N–H and O–H groups in total. The molecule has 2 aromatic rings. The average Bonchev–Trinajstić information content (AvgIpc) is 2.87. The van der Waals surface area contributed by atoms with Gasteiger partial charge >= 0.3 is 5.97 Å². The van der Waals surface area contributed by atoms with Crippen molar-refractivity contribution in [2.24, 2.45) is 0 Å². The molecule has 0 bridgehead atoms. The number of nitrogens with zero attached hydrogens (tertiary/aromatic N) is 1. The van der Waals surface area contributed by atoms with E-state index in [1.165, 1.54) is 17.7 Å². The van der Waals surface area contributed by atoms with Crippen LogP contribution in [0.5, 0.6) is 11.6 Å². The normalized spacial score (nSPS) is 13.1. The molecule has 1 aromatic heterocycles. The van der Waals surface area contributed by atoms with Crippen LogP contribution in [0.4, 0.5) is 0 Å². The van der Waals surface area contributed by atoms with Crippen LogP contribution in [0.3, 0.4) is 0 Å². The fourth-order valence-corrected chi connectivity index (χ4v) is 2.24. The summed E-state index contributed by atoms with van der Waals surface area (Å²) in [6.45, 7) is 0. The molecule has 0 amide bonds. The van der Waals surface area contributed by atoms with Crippen molar-refractivity contribution in [3.63, 3.8) is 0 Å². The van der Waals surface area contributed by atoms with E-state index < -0.39 is 5.97 Å². The zero-order chi connectivity index (χ0) is 13.2. The zero-order valence-electron chi connectivity index (χ0n) is 10.3. The monoisotopic (exact) mass is 255 g/mol. The third kappa shape index (κ3) is 2.42. The van der Waals surface area contributed by atoms with Crippen LogP contribution in [-0.2, 0) is 12.8 Å². The summed E-state index contributed by atoms with van der Waals surface area (Å²) in [5.74, 6) is 0.210. The quantitative estimate of drug-likeness (QED) is 0.915. The maximum atomic E-state index is 10.7. The van der Waals surface area contributed by atoms with Gasteiger partial charge in [0.1, 0.15) is 5.75 Å². The number of hydrogen-bond acceptors (Lipinski definition) is 3. The van der Waals surface area contributed by atoms with Gasteiger partial charge < -0.3 is 9.84 Å². The molecule has 0 aliphatic heterocycles. The number of pyridine rings is 1.